The molecule has 2 fully saturated rings. The van der Waals surface area contributed by atoms with Crippen LogP contribution in [0.4, 0.5) is 0 Å². The molecule has 0 spiro atoms. The number of ether oxygens (including phenoxy) is 1. The second-order valence-corrected chi connectivity index (χ2v) is 4.44. The van der Waals surface area contributed by atoms with E-state index in [1.165, 1.54) is 25.7 Å². The topological polar surface area (TPSA) is 24.5 Å². The largest absolute Gasteiger partial charge is 0.379 e. The molecule has 1 aliphatic carbocycles. The maximum Gasteiger partial charge on any atom is 0.0594 e. The molecule has 0 aromatic carbocycles. The first-order valence-electron chi connectivity index (χ1n) is 5.89. The van der Waals surface area contributed by atoms with Crippen molar-refractivity contribution in [3.05, 3.63) is 0 Å². The summed E-state index contributed by atoms with van der Waals surface area (Å²) < 4.78 is 5.38. The fourth-order valence-corrected chi connectivity index (χ4v) is 2.67. The summed E-state index contributed by atoms with van der Waals surface area (Å²) in [7, 11) is 2.08. The van der Waals surface area contributed by atoms with Crippen molar-refractivity contribution in [1.82, 2.24) is 10.2 Å². The lowest BCUT2D eigenvalue weighted by molar-refractivity contribution is 0.00676. The van der Waals surface area contributed by atoms with Crippen LogP contribution in [-0.4, -0.2) is 50.3 Å². The molecule has 3 nitrogen and oxygen atoms in total. The summed E-state index contributed by atoms with van der Waals surface area (Å²) in [6.45, 7) is 4.17. The molecular weight excluding hydrogens is 176 g/mol. The maximum absolute atomic E-state index is 5.38. The summed E-state index contributed by atoms with van der Waals surface area (Å²) in [6.07, 6.45) is 5.42. The van der Waals surface area contributed by atoms with Gasteiger partial charge in [0, 0.05) is 25.2 Å². The van der Waals surface area contributed by atoms with E-state index in [9.17, 15) is 0 Å². The van der Waals surface area contributed by atoms with E-state index in [0.717, 1.165) is 38.4 Å². The van der Waals surface area contributed by atoms with Crippen LogP contribution in [0.5, 0.6) is 0 Å². The summed E-state index contributed by atoms with van der Waals surface area (Å²) >= 11 is 0. The third-order valence-electron chi connectivity index (χ3n) is 3.67. The van der Waals surface area contributed by atoms with Crippen molar-refractivity contribution in [3.63, 3.8) is 0 Å². The molecule has 1 aliphatic heterocycles. The van der Waals surface area contributed by atoms with E-state index in [1.54, 1.807) is 0 Å². The lowest BCUT2D eigenvalue weighted by atomic mass is 9.90. The van der Waals surface area contributed by atoms with Gasteiger partial charge >= 0.3 is 0 Å². The molecule has 0 unspecified atom stereocenters. The molecule has 82 valence electrons. The zero-order valence-electron chi connectivity index (χ0n) is 9.17. The number of rotatable bonds is 2. The van der Waals surface area contributed by atoms with Crippen molar-refractivity contribution >= 4 is 0 Å². The van der Waals surface area contributed by atoms with Gasteiger partial charge in [0.05, 0.1) is 13.2 Å². The third kappa shape index (κ3) is 2.47. The lowest BCUT2D eigenvalue weighted by Crippen LogP contribution is -2.46. The van der Waals surface area contributed by atoms with E-state index in [2.05, 4.69) is 17.3 Å². The molecule has 14 heavy (non-hydrogen) atoms. The Labute approximate surface area is 86.8 Å². The van der Waals surface area contributed by atoms with Crippen LogP contribution in [0.3, 0.4) is 0 Å². The number of hydrogen-bond acceptors (Lipinski definition) is 3. The molecule has 1 N–H and O–H groups in total. The summed E-state index contributed by atoms with van der Waals surface area (Å²) in [5, 5.41) is 3.38. The molecule has 0 bridgehead atoms. The second-order valence-electron chi connectivity index (χ2n) is 4.44. The van der Waals surface area contributed by atoms with Crippen LogP contribution >= 0.6 is 0 Å². The fourth-order valence-electron chi connectivity index (χ4n) is 2.67. The number of morpholine rings is 1. The van der Waals surface area contributed by atoms with E-state index in [0.29, 0.717) is 0 Å². The van der Waals surface area contributed by atoms with Gasteiger partial charge < -0.3 is 10.1 Å². The predicted octanol–water partition coefficient (Wildman–Crippen LogP) is 0.849. The zero-order chi connectivity index (χ0) is 9.80. The van der Waals surface area contributed by atoms with Crippen molar-refractivity contribution in [2.75, 3.05) is 33.4 Å². The van der Waals surface area contributed by atoms with Crippen LogP contribution in [0.15, 0.2) is 0 Å². The Bertz CT molecular complexity index is 161. The molecule has 1 heterocycles. The number of nitrogens with one attached hydrogen (secondary N) is 1. The highest BCUT2D eigenvalue weighted by Gasteiger charge is 2.25. The Kier molecular flexibility index (Phi) is 3.79. The van der Waals surface area contributed by atoms with Crippen molar-refractivity contribution in [2.24, 2.45) is 0 Å². The monoisotopic (exact) mass is 198 g/mol. The molecule has 2 rings (SSSR count). The first kappa shape index (κ1) is 10.4. The summed E-state index contributed by atoms with van der Waals surface area (Å²) in [6, 6.07) is 1.61. The molecule has 2 aliphatic rings. The standard InChI is InChI=1S/C11H22N2O/c1-12-10-2-4-11(5-3-10)13-6-8-14-9-7-13/h10-12H,2-9H2,1H3. The Morgan fingerprint density at radius 2 is 1.71 bits per heavy atom. The molecule has 0 atom stereocenters. The van der Waals surface area contributed by atoms with Gasteiger partial charge in [0.1, 0.15) is 0 Å². The SMILES string of the molecule is CNC1CCC(N2CCOCC2)CC1. The van der Waals surface area contributed by atoms with E-state index in [1.807, 2.05) is 0 Å². The molecule has 1 saturated carbocycles. The highest BCUT2D eigenvalue weighted by Crippen LogP contribution is 2.23. The minimum Gasteiger partial charge on any atom is -0.379 e. The lowest BCUT2D eigenvalue weighted by Gasteiger charge is -2.38. The van der Waals surface area contributed by atoms with Crippen LogP contribution in [0.2, 0.25) is 0 Å². The van der Waals surface area contributed by atoms with Gasteiger partial charge in [0.25, 0.3) is 0 Å². The van der Waals surface area contributed by atoms with Gasteiger partial charge in [-0.2, -0.15) is 0 Å². The molecular formula is C11H22N2O. The average Bonchev–Trinajstić information content (AvgIpc) is 2.30. The maximum atomic E-state index is 5.38. The van der Waals surface area contributed by atoms with Crippen LogP contribution < -0.4 is 5.32 Å². The summed E-state index contributed by atoms with van der Waals surface area (Å²) in [5.74, 6) is 0. The third-order valence-corrected chi connectivity index (χ3v) is 3.67. The van der Waals surface area contributed by atoms with E-state index < -0.39 is 0 Å². The highest BCUT2D eigenvalue weighted by atomic mass is 16.5. The molecule has 1 saturated heterocycles. The predicted molar refractivity (Wildman–Crippen MR) is 57.5 cm³/mol. The molecule has 0 amide bonds. The van der Waals surface area contributed by atoms with E-state index >= 15 is 0 Å². The second kappa shape index (κ2) is 5.10. The minimum atomic E-state index is 0.771. The molecule has 0 aromatic rings. The average molecular weight is 198 g/mol. The highest BCUT2D eigenvalue weighted by molar-refractivity contribution is 4.82. The van der Waals surface area contributed by atoms with E-state index in [4.69, 9.17) is 4.74 Å². The molecule has 0 aromatic heterocycles. The minimum absolute atomic E-state index is 0.771. The van der Waals surface area contributed by atoms with Gasteiger partial charge in [-0.25, -0.2) is 0 Å². The van der Waals surface area contributed by atoms with Crippen molar-refractivity contribution in [1.29, 1.82) is 0 Å². The fraction of sp³-hybridized carbons (Fsp3) is 1.00. The quantitative estimate of drug-likeness (QED) is 0.712. The first-order valence-corrected chi connectivity index (χ1v) is 5.89. The van der Waals surface area contributed by atoms with Gasteiger partial charge in [0.15, 0.2) is 0 Å². The zero-order valence-corrected chi connectivity index (χ0v) is 9.17. The van der Waals surface area contributed by atoms with Crippen LogP contribution in [0.25, 0.3) is 0 Å². The Morgan fingerprint density at radius 1 is 1.07 bits per heavy atom. The Hall–Kier alpha value is -0.120. The summed E-state index contributed by atoms with van der Waals surface area (Å²) in [5.41, 5.74) is 0. The molecule has 0 radical (unpaired) electrons. The van der Waals surface area contributed by atoms with Gasteiger partial charge in [-0.3, -0.25) is 4.90 Å². The van der Waals surface area contributed by atoms with Gasteiger partial charge in [-0.05, 0) is 32.7 Å². The summed E-state index contributed by atoms with van der Waals surface area (Å²) in [4.78, 5) is 2.62. The van der Waals surface area contributed by atoms with Crippen molar-refractivity contribution in [2.45, 2.75) is 37.8 Å². The van der Waals surface area contributed by atoms with E-state index in [-0.39, 0.29) is 0 Å². The van der Waals surface area contributed by atoms with Crippen molar-refractivity contribution < 1.29 is 4.74 Å². The first-order chi connectivity index (χ1) is 6.90. The van der Waals surface area contributed by atoms with Crippen LogP contribution in [0.1, 0.15) is 25.7 Å². The normalized spacial score (nSPS) is 35.8. The van der Waals surface area contributed by atoms with Gasteiger partial charge in [-0.15, -0.1) is 0 Å². The van der Waals surface area contributed by atoms with Crippen LogP contribution in [0, 0.1) is 0 Å². The number of nitrogens with zero attached hydrogens (tertiary/aromatic N) is 1. The smallest absolute Gasteiger partial charge is 0.0594 e. The molecule has 3 heteroatoms. The van der Waals surface area contributed by atoms with Gasteiger partial charge in [0.2, 0.25) is 0 Å². The van der Waals surface area contributed by atoms with Crippen LogP contribution in [-0.2, 0) is 4.74 Å². The number of hydrogen-bond donors (Lipinski definition) is 1. The Balaban J connectivity index is 1.76. The Morgan fingerprint density at radius 3 is 2.29 bits per heavy atom. The van der Waals surface area contributed by atoms with Gasteiger partial charge in [-0.1, -0.05) is 0 Å². The van der Waals surface area contributed by atoms with Crippen molar-refractivity contribution in [3.8, 4) is 0 Å².